The molecule has 0 saturated carbocycles. The van der Waals surface area contributed by atoms with Gasteiger partial charge in [-0.25, -0.2) is 0 Å². The van der Waals surface area contributed by atoms with Gasteiger partial charge in [0.25, 0.3) is 5.69 Å². The fourth-order valence-electron chi connectivity index (χ4n) is 1.23. The van der Waals surface area contributed by atoms with E-state index in [0.29, 0.717) is 12.1 Å². The highest BCUT2D eigenvalue weighted by Crippen LogP contribution is 2.34. The van der Waals surface area contributed by atoms with Crippen molar-refractivity contribution in [2.24, 2.45) is 0 Å². The molecule has 19 heavy (non-hydrogen) atoms. The second-order valence-electron chi connectivity index (χ2n) is 3.37. The first kappa shape index (κ1) is 14.4. The van der Waals surface area contributed by atoms with Gasteiger partial charge in [0.05, 0.1) is 16.6 Å². The van der Waals surface area contributed by atoms with E-state index in [1.54, 1.807) is 0 Å². The SMILES string of the molecule is N#CCC(=O)Nc1ccc(C(F)(F)F)cc1[N+](=O)[O-]. The van der Waals surface area contributed by atoms with E-state index in [9.17, 15) is 28.1 Å². The quantitative estimate of drug-likeness (QED) is 0.675. The third-order valence-electron chi connectivity index (χ3n) is 2.04. The van der Waals surface area contributed by atoms with E-state index in [4.69, 9.17) is 5.26 Å². The monoisotopic (exact) mass is 273 g/mol. The van der Waals surface area contributed by atoms with Crippen LogP contribution in [0, 0.1) is 21.4 Å². The van der Waals surface area contributed by atoms with Gasteiger partial charge < -0.3 is 5.32 Å². The van der Waals surface area contributed by atoms with Crippen molar-refractivity contribution in [1.29, 1.82) is 5.26 Å². The summed E-state index contributed by atoms with van der Waals surface area (Å²) in [5, 5.41) is 20.9. The molecule has 0 atom stereocenters. The molecule has 1 rings (SSSR count). The van der Waals surface area contributed by atoms with E-state index in [1.165, 1.54) is 6.07 Å². The smallest absolute Gasteiger partial charge is 0.319 e. The van der Waals surface area contributed by atoms with Crippen molar-refractivity contribution in [3.63, 3.8) is 0 Å². The van der Waals surface area contributed by atoms with Gasteiger partial charge in [0.2, 0.25) is 5.91 Å². The van der Waals surface area contributed by atoms with Crippen molar-refractivity contribution >= 4 is 17.3 Å². The number of carbonyl (C=O) groups excluding carboxylic acids is 1. The Bertz CT molecular complexity index is 563. The third-order valence-corrected chi connectivity index (χ3v) is 2.04. The predicted molar refractivity (Wildman–Crippen MR) is 57.0 cm³/mol. The fraction of sp³-hybridized carbons (Fsp3) is 0.200. The van der Waals surface area contributed by atoms with Crippen LogP contribution in [0.15, 0.2) is 18.2 Å². The molecule has 0 bridgehead atoms. The Labute approximate surface area is 104 Å². The average molecular weight is 273 g/mol. The van der Waals surface area contributed by atoms with Crippen molar-refractivity contribution in [1.82, 2.24) is 0 Å². The van der Waals surface area contributed by atoms with Crippen LogP contribution in [0.25, 0.3) is 0 Å². The Kier molecular flexibility index (Phi) is 4.06. The molecule has 0 aliphatic rings. The molecule has 0 fully saturated rings. The minimum atomic E-state index is -4.72. The van der Waals surface area contributed by atoms with Gasteiger partial charge in [-0.2, -0.15) is 18.4 Å². The molecule has 1 amide bonds. The zero-order valence-electron chi connectivity index (χ0n) is 9.19. The van der Waals surface area contributed by atoms with Gasteiger partial charge in [-0.15, -0.1) is 0 Å². The molecule has 1 aromatic rings. The maximum absolute atomic E-state index is 12.4. The van der Waals surface area contributed by atoms with Crippen LogP contribution in [0.3, 0.4) is 0 Å². The lowest BCUT2D eigenvalue weighted by Crippen LogP contribution is -2.13. The van der Waals surface area contributed by atoms with Gasteiger partial charge in [-0.3, -0.25) is 14.9 Å². The van der Waals surface area contributed by atoms with Gasteiger partial charge >= 0.3 is 6.18 Å². The fourth-order valence-corrected chi connectivity index (χ4v) is 1.23. The number of benzene rings is 1. The largest absolute Gasteiger partial charge is 0.416 e. The molecule has 100 valence electrons. The number of alkyl halides is 3. The number of hydrogen-bond acceptors (Lipinski definition) is 4. The average Bonchev–Trinajstić information content (AvgIpc) is 2.27. The highest BCUT2D eigenvalue weighted by Gasteiger charge is 2.33. The number of halogens is 3. The number of hydrogen-bond donors (Lipinski definition) is 1. The number of nitro benzene ring substituents is 1. The lowest BCUT2D eigenvalue weighted by molar-refractivity contribution is -0.384. The normalized spacial score (nSPS) is 10.6. The lowest BCUT2D eigenvalue weighted by Gasteiger charge is -2.09. The van der Waals surface area contributed by atoms with Crippen LogP contribution in [-0.2, 0) is 11.0 Å². The molecule has 0 unspecified atom stereocenters. The van der Waals surface area contributed by atoms with Crippen LogP contribution in [0.4, 0.5) is 24.5 Å². The molecule has 0 aromatic heterocycles. The molecule has 0 aliphatic carbocycles. The Morgan fingerprint density at radius 3 is 2.58 bits per heavy atom. The van der Waals surface area contributed by atoms with Crippen LogP contribution in [0.1, 0.15) is 12.0 Å². The molecule has 0 aliphatic heterocycles. The number of carbonyl (C=O) groups is 1. The lowest BCUT2D eigenvalue weighted by atomic mass is 10.1. The highest BCUT2D eigenvalue weighted by atomic mass is 19.4. The number of rotatable bonds is 3. The summed E-state index contributed by atoms with van der Waals surface area (Å²) >= 11 is 0. The maximum Gasteiger partial charge on any atom is 0.416 e. The van der Waals surface area contributed by atoms with E-state index in [2.05, 4.69) is 0 Å². The van der Waals surface area contributed by atoms with E-state index in [0.717, 1.165) is 6.07 Å². The van der Waals surface area contributed by atoms with Gasteiger partial charge in [0, 0.05) is 6.07 Å². The van der Waals surface area contributed by atoms with E-state index in [1.807, 2.05) is 5.32 Å². The van der Waals surface area contributed by atoms with Crippen LogP contribution in [0.5, 0.6) is 0 Å². The molecule has 0 spiro atoms. The number of nitrogens with zero attached hydrogens (tertiary/aromatic N) is 2. The molecular formula is C10H6F3N3O3. The summed E-state index contributed by atoms with van der Waals surface area (Å²) in [6.07, 6.45) is -5.28. The summed E-state index contributed by atoms with van der Waals surface area (Å²) in [4.78, 5) is 20.7. The van der Waals surface area contributed by atoms with Gasteiger partial charge in [0.1, 0.15) is 12.1 Å². The number of amides is 1. The maximum atomic E-state index is 12.4. The molecule has 9 heteroatoms. The second-order valence-corrected chi connectivity index (χ2v) is 3.37. The van der Waals surface area contributed by atoms with Crippen molar-refractivity contribution in [3.8, 4) is 6.07 Å². The van der Waals surface area contributed by atoms with Crippen molar-refractivity contribution in [2.45, 2.75) is 12.6 Å². The molecule has 0 radical (unpaired) electrons. The summed E-state index contributed by atoms with van der Waals surface area (Å²) in [5.74, 6) is -0.842. The minimum Gasteiger partial charge on any atom is -0.319 e. The molecule has 1 N–H and O–H groups in total. The summed E-state index contributed by atoms with van der Waals surface area (Å²) in [6, 6.07) is 3.21. The Morgan fingerprint density at radius 2 is 2.11 bits per heavy atom. The van der Waals surface area contributed by atoms with Crippen LogP contribution < -0.4 is 5.32 Å². The van der Waals surface area contributed by atoms with Gasteiger partial charge in [-0.05, 0) is 12.1 Å². The summed E-state index contributed by atoms with van der Waals surface area (Å²) in [7, 11) is 0. The number of nitro groups is 1. The molecular weight excluding hydrogens is 267 g/mol. The van der Waals surface area contributed by atoms with Crippen molar-refractivity contribution in [3.05, 3.63) is 33.9 Å². The standard InChI is InChI=1S/C10H6F3N3O3/c11-10(12,13)6-1-2-7(8(5-6)16(18)19)15-9(17)3-4-14/h1-2,5H,3H2,(H,15,17). The predicted octanol–water partition coefficient (Wildman–Crippen LogP) is 2.47. The van der Waals surface area contributed by atoms with Crippen LogP contribution in [0.2, 0.25) is 0 Å². The first-order chi connectivity index (χ1) is 8.75. The first-order valence-corrected chi connectivity index (χ1v) is 4.78. The summed E-state index contributed by atoms with van der Waals surface area (Å²) in [6.45, 7) is 0. The van der Waals surface area contributed by atoms with Crippen LogP contribution >= 0.6 is 0 Å². The molecule has 1 aromatic carbocycles. The molecule has 0 saturated heterocycles. The molecule has 6 nitrogen and oxygen atoms in total. The second kappa shape index (κ2) is 5.34. The number of nitriles is 1. The Balaban J connectivity index is 3.17. The van der Waals surface area contributed by atoms with Gasteiger partial charge in [-0.1, -0.05) is 0 Å². The zero-order valence-corrected chi connectivity index (χ0v) is 9.19. The highest BCUT2D eigenvalue weighted by molar-refractivity contribution is 5.94. The van der Waals surface area contributed by atoms with Crippen molar-refractivity contribution < 1.29 is 22.9 Å². The number of nitrogens with one attached hydrogen (secondary N) is 1. The van der Waals surface area contributed by atoms with Crippen molar-refractivity contribution in [2.75, 3.05) is 5.32 Å². The first-order valence-electron chi connectivity index (χ1n) is 4.78. The van der Waals surface area contributed by atoms with E-state index >= 15 is 0 Å². The van der Waals surface area contributed by atoms with E-state index in [-0.39, 0.29) is 0 Å². The summed E-state index contributed by atoms with van der Waals surface area (Å²) in [5.41, 5.74) is -2.48. The van der Waals surface area contributed by atoms with Crippen LogP contribution in [-0.4, -0.2) is 10.8 Å². The Hall–Kier alpha value is -2.63. The third kappa shape index (κ3) is 3.67. The number of anilines is 1. The minimum absolute atomic E-state index is 0.321. The van der Waals surface area contributed by atoms with E-state index < -0.39 is 40.4 Å². The molecule has 0 heterocycles. The van der Waals surface area contributed by atoms with Gasteiger partial charge in [0.15, 0.2) is 0 Å². The Morgan fingerprint density at radius 1 is 1.47 bits per heavy atom. The topological polar surface area (TPSA) is 96.0 Å². The summed E-state index contributed by atoms with van der Waals surface area (Å²) < 4.78 is 37.2. The zero-order chi connectivity index (χ0) is 14.6.